The molecule has 1 rings (SSSR count). The number of carbonyl (C=O) groups excluding carboxylic acids is 2. The molecule has 1 aromatic carbocycles. The third-order valence-electron chi connectivity index (χ3n) is 3.40. The van der Waals surface area contributed by atoms with Crippen LogP contribution in [0.25, 0.3) is 0 Å². The second-order valence-electron chi connectivity index (χ2n) is 5.73. The number of hydrogen-bond acceptors (Lipinski definition) is 5. The molecule has 10 nitrogen and oxygen atoms in total. The fraction of sp³-hybridized carbons (Fsp3) is 0.353. The summed E-state index contributed by atoms with van der Waals surface area (Å²) in [4.78, 5) is 47.4. The molecule has 0 saturated heterocycles. The zero-order valence-corrected chi connectivity index (χ0v) is 15.9. The van der Waals surface area contributed by atoms with Crippen LogP contribution in [-0.4, -0.2) is 65.2 Å². The number of nitrogens with one attached hydrogen (secondary N) is 1. The number of rotatable bonds is 9. The number of hydrogen-bond donors (Lipinski definition) is 5. The van der Waals surface area contributed by atoms with Gasteiger partial charge in [0.15, 0.2) is 0 Å². The van der Waals surface area contributed by atoms with Crippen molar-refractivity contribution in [1.29, 1.82) is 0 Å². The highest BCUT2D eigenvalue weighted by molar-refractivity contribution is 6.05. The average Bonchev–Trinajstić information content (AvgIpc) is 2.69. The van der Waals surface area contributed by atoms with Crippen molar-refractivity contribution in [2.45, 2.75) is 25.1 Å². The first-order valence-electron chi connectivity index (χ1n) is 8.38. The maximum atomic E-state index is 12.2. The van der Waals surface area contributed by atoms with Gasteiger partial charge in [0.25, 0.3) is 5.91 Å². The number of primary amides is 1. The van der Waals surface area contributed by atoms with E-state index in [0.717, 1.165) is 0 Å². The highest BCUT2D eigenvalue weighted by Crippen LogP contribution is 2.13. The van der Waals surface area contributed by atoms with E-state index in [1.54, 1.807) is 0 Å². The Labute approximate surface area is 172 Å². The molecule has 7 N–H and O–H groups in total. The molecular weight excluding hydrogens is 432 g/mol. The Morgan fingerprint density at radius 3 is 2.00 bits per heavy atom. The summed E-state index contributed by atoms with van der Waals surface area (Å²) in [7, 11) is 0. The third-order valence-corrected chi connectivity index (χ3v) is 3.40. The van der Waals surface area contributed by atoms with Crippen molar-refractivity contribution < 1.29 is 47.0 Å². The highest BCUT2D eigenvalue weighted by atomic mass is 19.4. The van der Waals surface area contributed by atoms with E-state index in [1.165, 1.54) is 24.3 Å². The SMILES string of the molecule is NC(=O)C(CCCN=C(N)CF)NC(=O)c1ccccc1C(=O)O.O=C(O)C(F)(F)F. The lowest BCUT2D eigenvalue weighted by Crippen LogP contribution is -2.44. The first-order chi connectivity index (χ1) is 14.3. The lowest BCUT2D eigenvalue weighted by molar-refractivity contribution is -0.192. The lowest BCUT2D eigenvalue weighted by atomic mass is 10.1. The smallest absolute Gasteiger partial charge is 0.478 e. The van der Waals surface area contributed by atoms with Gasteiger partial charge in [-0.2, -0.15) is 13.2 Å². The van der Waals surface area contributed by atoms with Crippen molar-refractivity contribution in [2.75, 3.05) is 13.2 Å². The van der Waals surface area contributed by atoms with Gasteiger partial charge in [-0.3, -0.25) is 14.6 Å². The number of benzene rings is 1. The molecular formula is C17H20F4N4O6. The van der Waals surface area contributed by atoms with Crippen LogP contribution in [0, 0.1) is 0 Å². The van der Waals surface area contributed by atoms with Crippen LogP contribution in [0.1, 0.15) is 33.6 Å². The van der Waals surface area contributed by atoms with E-state index in [4.69, 9.17) is 26.5 Å². The number of amides is 2. The monoisotopic (exact) mass is 452 g/mol. The highest BCUT2D eigenvalue weighted by Gasteiger charge is 2.38. The van der Waals surface area contributed by atoms with E-state index in [-0.39, 0.29) is 29.9 Å². The van der Waals surface area contributed by atoms with Gasteiger partial charge in [0, 0.05) is 6.54 Å². The van der Waals surface area contributed by atoms with Crippen LogP contribution in [0.5, 0.6) is 0 Å². The summed E-state index contributed by atoms with van der Waals surface area (Å²) in [6.07, 6.45) is -4.57. The number of alkyl halides is 4. The van der Waals surface area contributed by atoms with Gasteiger partial charge in [0.1, 0.15) is 18.6 Å². The van der Waals surface area contributed by atoms with Crippen molar-refractivity contribution in [3.63, 3.8) is 0 Å². The summed E-state index contributed by atoms with van der Waals surface area (Å²) in [5, 5.41) is 18.6. The van der Waals surface area contributed by atoms with E-state index in [2.05, 4.69) is 10.3 Å². The van der Waals surface area contributed by atoms with Gasteiger partial charge < -0.3 is 27.0 Å². The predicted octanol–water partition coefficient (Wildman–Crippen LogP) is 0.709. The first kappa shape index (κ1) is 27.3. The maximum Gasteiger partial charge on any atom is 0.490 e. The number of nitrogens with zero attached hydrogens (tertiary/aromatic N) is 1. The number of aliphatic imine (C=N–C) groups is 1. The summed E-state index contributed by atoms with van der Waals surface area (Å²) in [6.45, 7) is -0.678. The molecule has 0 fully saturated rings. The first-order valence-corrected chi connectivity index (χ1v) is 8.38. The number of halogens is 4. The summed E-state index contributed by atoms with van der Waals surface area (Å²) in [5.41, 5.74) is 10.2. The van der Waals surface area contributed by atoms with Gasteiger partial charge in [0.2, 0.25) is 5.91 Å². The van der Waals surface area contributed by atoms with E-state index in [9.17, 15) is 31.9 Å². The van der Waals surface area contributed by atoms with Crippen LogP contribution < -0.4 is 16.8 Å². The number of aliphatic carboxylic acids is 1. The van der Waals surface area contributed by atoms with Crippen LogP contribution in [0.3, 0.4) is 0 Å². The zero-order valence-electron chi connectivity index (χ0n) is 15.9. The lowest BCUT2D eigenvalue weighted by Gasteiger charge is -2.15. The Morgan fingerprint density at radius 1 is 1.06 bits per heavy atom. The van der Waals surface area contributed by atoms with E-state index in [0.29, 0.717) is 6.42 Å². The molecule has 0 aliphatic heterocycles. The zero-order chi connectivity index (χ0) is 24.2. The van der Waals surface area contributed by atoms with Crippen LogP contribution in [-0.2, 0) is 9.59 Å². The van der Waals surface area contributed by atoms with Crippen molar-refractivity contribution in [2.24, 2.45) is 16.5 Å². The van der Waals surface area contributed by atoms with Gasteiger partial charge in [-0.25, -0.2) is 14.0 Å². The number of aromatic carboxylic acids is 1. The quantitative estimate of drug-likeness (QED) is 0.158. The number of carbonyl (C=O) groups is 4. The Morgan fingerprint density at radius 2 is 1.58 bits per heavy atom. The second kappa shape index (κ2) is 12.8. The largest absolute Gasteiger partial charge is 0.490 e. The summed E-state index contributed by atoms with van der Waals surface area (Å²) in [6, 6.07) is 4.61. The van der Waals surface area contributed by atoms with Gasteiger partial charge in [-0.05, 0) is 25.0 Å². The Hall–Kier alpha value is -3.71. The minimum absolute atomic E-state index is 0.0732. The van der Waals surface area contributed by atoms with Gasteiger partial charge in [-0.15, -0.1) is 0 Å². The van der Waals surface area contributed by atoms with Crippen LogP contribution in [0.2, 0.25) is 0 Å². The van der Waals surface area contributed by atoms with Crippen molar-refractivity contribution in [3.05, 3.63) is 35.4 Å². The van der Waals surface area contributed by atoms with E-state index >= 15 is 0 Å². The van der Waals surface area contributed by atoms with Crippen LogP contribution in [0.4, 0.5) is 17.6 Å². The standard InChI is InChI=1S/C15H19FN4O4.C2HF3O2/c16-8-12(17)19-7-3-6-11(13(18)21)20-14(22)9-4-1-2-5-10(9)15(23)24;3-2(4,5)1(6)7/h1-2,4-5,11H,3,6-8H2,(H2,17,19)(H2,18,21)(H,20,22)(H,23,24);(H,6,7). The minimum Gasteiger partial charge on any atom is -0.478 e. The number of amidine groups is 1. The summed E-state index contributed by atoms with van der Waals surface area (Å²) in [5.74, 6) is -5.65. The number of carboxylic acid groups (broad SMARTS) is 2. The molecule has 0 aromatic heterocycles. The summed E-state index contributed by atoms with van der Waals surface area (Å²) < 4.78 is 43.9. The van der Waals surface area contributed by atoms with Crippen molar-refractivity contribution in [1.82, 2.24) is 5.32 Å². The molecule has 1 unspecified atom stereocenters. The Bertz CT molecular complexity index is 829. The molecule has 0 saturated carbocycles. The molecule has 1 aromatic rings. The molecule has 0 spiro atoms. The van der Waals surface area contributed by atoms with Gasteiger partial charge >= 0.3 is 18.1 Å². The van der Waals surface area contributed by atoms with Crippen LogP contribution >= 0.6 is 0 Å². The molecule has 14 heteroatoms. The Kier molecular flexibility index (Phi) is 11.2. The normalized spacial score (nSPS) is 12.2. The average molecular weight is 452 g/mol. The third kappa shape index (κ3) is 10.6. The molecule has 0 aliphatic carbocycles. The molecule has 2 amide bonds. The molecule has 0 heterocycles. The summed E-state index contributed by atoms with van der Waals surface area (Å²) >= 11 is 0. The maximum absolute atomic E-state index is 12.2. The molecule has 0 aliphatic rings. The molecule has 1 atom stereocenters. The molecule has 0 radical (unpaired) electrons. The number of nitrogens with two attached hydrogens (primary N) is 2. The van der Waals surface area contributed by atoms with Crippen molar-refractivity contribution in [3.8, 4) is 0 Å². The molecule has 172 valence electrons. The minimum atomic E-state index is -5.08. The van der Waals surface area contributed by atoms with Crippen LogP contribution in [0.15, 0.2) is 29.3 Å². The second-order valence-corrected chi connectivity index (χ2v) is 5.73. The predicted molar refractivity (Wildman–Crippen MR) is 99.2 cm³/mol. The van der Waals surface area contributed by atoms with E-state index in [1.807, 2.05) is 0 Å². The topological polar surface area (TPSA) is 185 Å². The molecule has 0 bridgehead atoms. The van der Waals surface area contributed by atoms with Gasteiger partial charge in [-0.1, -0.05) is 12.1 Å². The fourth-order valence-electron chi connectivity index (χ4n) is 1.95. The molecule has 31 heavy (non-hydrogen) atoms. The number of carboxylic acids is 2. The van der Waals surface area contributed by atoms with E-state index < -0.39 is 42.6 Å². The fourth-order valence-corrected chi connectivity index (χ4v) is 1.95. The Balaban J connectivity index is 0.00000110. The van der Waals surface area contributed by atoms with Gasteiger partial charge in [0.05, 0.1) is 11.1 Å². The van der Waals surface area contributed by atoms with Crippen molar-refractivity contribution >= 4 is 29.6 Å².